The molecular weight excluding hydrogens is 422 g/mol. The topological polar surface area (TPSA) is 108 Å². The highest BCUT2D eigenvalue weighted by molar-refractivity contribution is 6.15. The van der Waals surface area contributed by atoms with Gasteiger partial charge in [0, 0.05) is 5.56 Å². The molecule has 0 radical (unpaired) electrons. The van der Waals surface area contributed by atoms with Crippen LogP contribution in [-0.2, 0) is 14.9 Å². The molecule has 1 atom stereocenters. The Kier molecular flexibility index (Phi) is 5.71. The number of Topliss-reactive ketones (excluding diaryl/α,β-unsaturated/α-hetero) is 1. The van der Waals surface area contributed by atoms with Crippen LogP contribution in [0.1, 0.15) is 48.3 Å². The number of aromatic nitrogens is 4. The molecule has 0 amide bonds. The first-order chi connectivity index (χ1) is 15.7. The summed E-state index contributed by atoms with van der Waals surface area (Å²) in [5.74, 6) is -0.173. The predicted molar refractivity (Wildman–Crippen MR) is 121 cm³/mol. The van der Waals surface area contributed by atoms with Crippen LogP contribution in [0, 0.1) is 0 Å². The van der Waals surface area contributed by atoms with Crippen molar-refractivity contribution < 1.29 is 19.1 Å². The standard InChI is InChI=1S/C24H25N5O4/c1-24(2,3)16-10-6-14(7-11-16)20-18(21(30)15-8-12-17(32-4)13-9-15)19(22(31)33-5)25-23-26-27-28-29(20)23/h6-13,20H,1-5H3,(H,25,26,28)/t20-/m1/s1. The number of methoxy groups -OCH3 is 2. The van der Waals surface area contributed by atoms with E-state index in [2.05, 4.69) is 41.6 Å². The number of carbonyl (C=O) groups excluding carboxylic acids is 2. The second-order valence-electron chi connectivity index (χ2n) is 8.68. The minimum absolute atomic E-state index is 0.00511. The lowest BCUT2D eigenvalue weighted by Crippen LogP contribution is -2.33. The Morgan fingerprint density at radius 1 is 1.00 bits per heavy atom. The van der Waals surface area contributed by atoms with Gasteiger partial charge in [-0.05, 0) is 51.2 Å². The number of carbonyl (C=O) groups is 2. The van der Waals surface area contributed by atoms with Gasteiger partial charge in [0.05, 0.1) is 19.8 Å². The highest BCUT2D eigenvalue weighted by atomic mass is 16.5. The van der Waals surface area contributed by atoms with Gasteiger partial charge >= 0.3 is 5.97 Å². The summed E-state index contributed by atoms with van der Waals surface area (Å²) in [6, 6.07) is 13.8. The number of esters is 1. The molecule has 2 heterocycles. The van der Waals surface area contributed by atoms with Crippen molar-refractivity contribution in [3.8, 4) is 5.75 Å². The lowest BCUT2D eigenvalue weighted by molar-refractivity contribution is -0.136. The SMILES string of the molecule is COC(=O)C1=C(C(=O)c2ccc(OC)cc2)[C@@H](c2ccc(C(C)(C)C)cc2)n2nnnc2N1. The molecule has 1 aliphatic rings. The van der Waals surface area contributed by atoms with Crippen LogP contribution >= 0.6 is 0 Å². The van der Waals surface area contributed by atoms with Gasteiger partial charge in [0.15, 0.2) is 5.78 Å². The second-order valence-corrected chi connectivity index (χ2v) is 8.68. The monoisotopic (exact) mass is 447 g/mol. The number of ketones is 1. The lowest BCUT2D eigenvalue weighted by atomic mass is 9.84. The van der Waals surface area contributed by atoms with Crippen molar-refractivity contribution in [3.05, 3.63) is 76.5 Å². The van der Waals surface area contributed by atoms with Crippen LogP contribution in [0.4, 0.5) is 5.95 Å². The first-order valence-corrected chi connectivity index (χ1v) is 10.4. The zero-order valence-electron chi connectivity index (χ0n) is 19.1. The Labute approximate surface area is 191 Å². The van der Waals surface area contributed by atoms with Crippen molar-refractivity contribution in [1.82, 2.24) is 20.2 Å². The van der Waals surface area contributed by atoms with Gasteiger partial charge < -0.3 is 14.8 Å². The molecule has 3 aromatic rings. The highest BCUT2D eigenvalue weighted by Crippen LogP contribution is 2.37. The fourth-order valence-corrected chi connectivity index (χ4v) is 3.76. The van der Waals surface area contributed by atoms with Crippen LogP contribution in [-0.4, -0.2) is 46.2 Å². The summed E-state index contributed by atoms with van der Waals surface area (Å²) >= 11 is 0. The van der Waals surface area contributed by atoms with Gasteiger partial charge in [-0.25, -0.2) is 4.79 Å². The van der Waals surface area contributed by atoms with Gasteiger partial charge in [-0.2, -0.15) is 4.68 Å². The van der Waals surface area contributed by atoms with Crippen molar-refractivity contribution in [2.75, 3.05) is 19.5 Å². The van der Waals surface area contributed by atoms with E-state index < -0.39 is 12.0 Å². The van der Waals surface area contributed by atoms with E-state index in [-0.39, 0.29) is 28.4 Å². The van der Waals surface area contributed by atoms with E-state index in [1.807, 2.05) is 24.3 Å². The first kappa shape index (κ1) is 22.2. The third kappa shape index (κ3) is 4.09. The van der Waals surface area contributed by atoms with Crippen molar-refractivity contribution in [3.63, 3.8) is 0 Å². The summed E-state index contributed by atoms with van der Waals surface area (Å²) in [5, 5.41) is 14.7. The summed E-state index contributed by atoms with van der Waals surface area (Å²) in [6.07, 6.45) is 0. The summed E-state index contributed by atoms with van der Waals surface area (Å²) in [7, 11) is 2.81. The number of hydrogen-bond acceptors (Lipinski definition) is 8. The second kappa shape index (κ2) is 8.50. The molecule has 170 valence electrons. The molecule has 0 unspecified atom stereocenters. The smallest absolute Gasteiger partial charge is 0.355 e. The predicted octanol–water partition coefficient (Wildman–Crippen LogP) is 3.30. The maximum atomic E-state index is 13.7. The Bertz CT molecular complexity index is 1220. The Morgan fingerprint density at radius 3 is 2.24 bits per heavy atom. The van der Waals surface area contributed by atoms with E-state index in [1.54, 1.807) is 31.4 Å². The van der Waals surface area contributed by atoms with Crippen molar-refractivity contribution in [1.29, 1.82) is 0 Å². The van der Waals surface area contributed by atoms with Gasteiger partial charge in [0.2, 0.25) is 5.95 Å². The zero-order valence-corrected chi connectivity index (χ0v) is 19.1. The fraction of sp³-hybridized carbons (Fsp3) is 0.292. The molecule has 9 nitrogen and oxygen atoms in total. The van der Waals surface area contributed by atoms with Crippen molar-refractivity contribution in [2.24, 2.45) is 0 Å². The van der Waals surface area contributed by atoms with Crippen LogP contribution in [0.25, 0.3) is 0 Å². The van der Waals surface area contributed by atoms with E-state index in [0.29, 0.717) is 11.3 Å². The number of anilines is 1. The molecule has 0 spiro atoms. The Morgan fingerprint density at radius 2 is 1.67 bits per heavy atom. The van der Waals surface area contributed by atoms with E-state index in [9.17, 15) is 9.59 Å². The average molecular weight is 447 g/mol. The zero-order chi connectivity index (χ0) is 23.8. The van der Waals surface area contributed by atoms with Gasteiger partial charge in [0.25, 0.3) is 0 Å². The molecule has 2 aromatic carbocycles. The molecule has 1 aromatic heterocycles. The number of allylic oxidation sites excluding steroid dienone is 1. The van der Waals surface area contributed by atoms with Crippen molar-refractivity contribution >= 4 is 17.7 Å². The number of fused-ring (bicyclic) bond motifs is 1. The van der Waals surface area contributed by atoms with E-state index in [0.717, 1.165) is 11.1 Å². The van der Waals surface area contributed by atoms with Gasteiger partial charge in [-0.1, -0.05) is 50.1 Å². The third-order valence-corrected chi connectivity index (χ3v) is 5.60. The van der Waals surface area contributed by atoms with Gasteiger partial charge in [-0.3, -0.25) is 4.79 Å². The summed E-state index contributed by atoms with van der Waals surface area (Å²) < 4.78 is 11.7. The Balaban J connectivity index is 1.89. The minimum Gasteiger partial charge on any atom is -0.497 e. The number of nitrogens with zero attached hydrogens (tertiary/aromatic N) is 4. The van der Waals surface area contributed by atoms with E-state index in [4.69, 9.17) is 9.47 Å². The summed E-state index contributed by atoms with van der Waals surface area (Å²) in [4.78, 5) is 26.5. The quantitative estimate of drug-likeness (QED) is 0.469. The van der Waals surface area contributed by atoms with Crippen LogP contribution in [0.2, 0.25) is 0 Å². The van der Waals surface area contributed by atoms with E-state index >= 15 is 0 Å². The maximum absolute atomic E-state index is 13.7. The maximum Gasteiger partial charge on any atom is 0.355 e. The largest absolute Gasteiger partial charge is 0.497 e. The van der Waals surface area contributed by atoms with Crippen LogP contribution < -0.4 is 10.1 Å². The molecule has 0 saturated heterocycles. The summed E-state index contributed by atoms with van der Waals surface area (Å²) in [5.41, 5.74) is 2.44. The molecule has 33 heavy (non-hydrogen) atoms. The number of ether oxygens (including phenoxy) is 2. The van der Waals surface area contributed by atoms with Crippen LogP contribution in [0.3, 0.4) is 0 Å². The Hall–Kier alpha value is -4.01. The molecule has 1 aliphatic heterocycles. The molecule has 0 bridgehead atoms. The van der Waals surface area contributed by atoms with Gasteiger partial charge in [-0.15, -0.1) is 0 Å². The van der Waals surface area contributed by atoms with E-state index in [1.165, 1.54) is 11.8 Å². The van der Waals surface area contributed by atoms with Crippen LogP contribution in [0.5, 0.6) is 5.75 Å². The molecule has 1 N–H and O–H groups in total. The number of hydrogen-bond donors (Lipinski definition) is 1. The molecular formula is C24H25N5O4. The molecule has 4 rings (SSSR count). The number of nitrogens with one attached hydrogen (secondary N) is 1. The first-order valence-electron chi connectivity index (χ1n) is 10.4. The average Bonchev–Trinajstić information content (AvgIpc) is 3.30. The molecule has 0 fully saturated rings. The number of tetrazole rings is 1. The molecule has 9 heteroatoms. The minimum atomic E-state index is -0.728. The number of rotatable bonds is 5. The lowest BCUT2D eigenvalue weighted by Gasteiger charge is -2.28. The van der Waals surface area contributed by atoms with Crippen LogP contribution in [0.15, 0.2) is 59.8 Å². The summed E-state index contributed by atoms with van der Waals surface area (Å²) in [6.45, 7) is 6.37. The number of benzene rings is 2. The normalized spacial score (nSPS) is 15.5. The van der Waals surface area contributed by atoms with Crippen molar-refractivity contribution in [2.45, 2.75) is 32.2 Å². The fourth-order valence-electron chi connectivity index (χ4n) is 3.76. The molecule has 0 aliphatic carbocycles. The third-order valence-electron chi connectivity index (χ3n) is 5.60. The molecule has 0 saturated carbocycles. The highest BCUT2D eigenvalue weighted by Gasteiger charge is 2.38. The van der Waals surface area contributed by atoms with Gasteiger partial charge in [0.1, 0.15) is 17.5 Å².